The molecule has 0 amide bonds. The van der Waals surface area contributed by atoms with Crippen LogP contribution in [0.3, 0.4) is 0 Å². The molecule has 0 aliphatic carbocycles. The van der Waals surface area contributed by atoms with E-state index in [4.69, 9.17) is 11.6 Å². The normalized spacial score (nSPS) is 12.6. The van der Waals surface area contributed by atoms with Crippen LogP contribution in [-0.2, 0) is 13.0 Å². The highest BCUT2D eigenvalue weighted by Gasteiger charge is 2.32. The predicted molar refractivity (Wildman–Crippen MR) is 98.3 cm³/mol. The molecule has 0 saturated heterocycles. The number of H-pyrrole nitrogens is 1. The highest BCUT2D eigenvalue weighted by Crippen LogP contribution is 2.28. The minimum Gasteiger partial charge on any atom is -0.309 e. The van der Waals surface area contributed by atoms with Gasteiger partial charge in [-0.2, -0.15) is 26.3 Å². The summed E-state index contributed by atoms with van der Waals surface area (Å²) in [6, 6.07) is 5.86. The summed E-state index contributed by atoms with van der Waals surface area (Å²) in [5, 5.41) is 0.370. The topological polar surface area (TPSA) is 63.6 Å². The number of imidazole rings is 1. The zero-order valence-electron chi connectivity index (χ0n) is 15.2. The second-order valence-electron chi connectivity index (χ2n) is 6.65. The van der Waals surface area contributed by atoms with Crippen LogP contribution in [0.15, 0.2) is 29.1 Å². The largest absolute Gasteiger partial charge is 0.406 e. The molecule has 3 rings (SSSR count). The summed E-state index contributed by atoms with van der Waals surface area (Å²) in [5.41, 5.74) is -1.04. The van der Waals surface area contributed by atoms with Crippen LogP contribution in [0.25, 0.3) is 22.6 Å². The SMILES string of the molecule is O=c1[nH]c(CCCCC(F)(F)F)nc2c1nc(-c1ccc(Cl)cc1)n2CC(F)(F)F. The summed E-state index contributed by atoms with van der Waals surface area (Å²) in [6.45, 7) is -1.44. The number of fused-ring (bicyclic) bond motifs is 1. The number of nitrogens with zero attached hydrogens (tertiary/aromatic N) is 3. The van der Waals surface area contributed by atoms with E-state index >= 15 is 0 Å². The summed E-state index contributed by atoms with van der Waals surface area (Å²) in [6.07, 6.45) is -10.1. The van der Waals surface area contributed by atoms with Gasteiger partial charge in [-0.25, -0.2) is 9.97 Å². The van der Waals surface area contributed by atoms with Gasteiger partial charge in [0, 0.05) is 23.4 Å². The molecule has 2 heterocycles. The van der Waals surface area contributed by atoms with Crippen LogP contribution in [0.4, 0.5) is 26.3 Å². The molecule has 1 aromatic carbocycles. The van der Waals surface area contributed by atoms with E-state index in [0.29, 0.717) is 10.6 Å². The van der Waals surface area contributed by atoms with Crippen molar-refractivity contribution in [2.45, 2.75) is 44.6 Å². The van der Waals surface area contributed by atoms with E-state index < -0.39 is 30.9 Å². The van der Waals surface area contributed by atoms with E-state index in [2.05, 4.69) is 15.0 Å². The summed E-state index contributed by atoms with van der Waals surface area (Å²) < 4.78 is 77.1. The first-order chi connectivity index (χ1) is 13.9. The van der Waals surface area contributed by atoms with Crippen molar-refractivity contribution in [3.05, 3.63) is 45.5 Å². The van der Waals surface area contributed by atoms with Crippen molar-refractivity contribution < 1.29 is 26.3 Å². The molecule has 0 bridgehead atoms. The van der Waals surface area contributed by atoms with Crippen LogP contribution in [0.1, 0.15) is 25.1 Å². The Morgan fingerprint density at radius 3 is 2.23 bits per heavy atom. The molecule has 2 aromatic heterocycles. The fraction of sp³-hybridized carbons (Fsp3) is 0.389. The Labute approximate surface area is 170 Å². The maximum atomic E-state index is 13.2. The molecule has 0 fully saturated rings. The fourth-order valence-corrected chi connectivity index (χ4v) is 3.07. The summed E-state index contributed by atoms with van der Waals surface area (Å²) in [7, 11) is 0. The third-order valence-electron chi connectivity index (χ3n) is 4.22. The number of aromatic nitrogens is 4. The van der Waals surface area contributed by atoms with Gasteiger partial charge in [0.2, 0.25) is 0 Å². The molecule has 1 N–H and O–H groups in total. The maximum Gasteiger partial charge on any atom is 0.406 e. The fourth-order valence-electron chi connectivity index (χ4n) is 2.94. The van der Waals surface area contributed by atoms with Gasteiger partial charge in [0.15, 0.2) is 11.2 Å². The number of unbranched alkanes of at least 4 members (excludes halogenated alkanes) is 1. The molecule has 0 saturated carbocycles. The first-order valence-corrected chi connectivity index (χ1v) is 9.19. The summed E-state index contributed by atoms with van der Waals surface area (Å²) in [4.78, 5) is 22.8. The minimum absolute atomic E-state index is 0.000607. The zero-order valence-corrected chi connectivity index (χ0v) is 16.0. The van der Waals surface area contributed by atoms with Crippen LogP contribution in [0, 0.1) is 0 Å². The number of aryl methyl sites for hydroxylation is 1. The maximum absolute atomic E-state index is 13.2. The second-order valence-corrected chi connectivity index (χ2v) is 7.09. The van der Waals surface area contributed by atoms with Crippen molar-refractivity contribution in [1.29, 1.82) is 0 Å². The Hall–Kier alpha value is -2.56. The van der Waals surface area contributed by atoms with Gasteiger partial charge in [-0.05, 0) is 37.1 Å². The first-order valence-electron chi connectivity index (χ1n) is 8.82. The van der Waals surface area contributed by atoms with Gasteiger partial charge in [0.25, 0.3) is 5.56 Å². The molecular weight excluding hydrogens is 438 g/mol. The smallest absolute Gasteiger partial charge is 0.309 e. The van der Waals surface area contributed by atoms with Gasteiger partial charge in [0.1, 0.15) is 18.2 Å². The minimum atomic E-state index is -4.62. The van der Waals surface area contributed by atoms with E-state index in [1.54, 1.807) is 0 Å². The number of rotatable bonds is 6. The van der Waals surface area contributed by atoms with E-state index in [-0.39, 0.29) is 42.1 Å². The molecule has 30 heavy (non-hydrogen) atoms. The van der Waals surface area contributed by atoms with Crippen LogP contribution in [0.2, 0.25) is 5.02 Å². The van der Waals surface area contributed by atoms with Gasteiger partial charge in [-0.1, -0.05) is 11.6 Å². The number of aromatic amines is 1. The van der Waals surface area contributed by atoms with E-state index in [0.717, 1.165) is 4.57 Å². The molecular formula is C18H15ClF6N4O. The third kappa shape index (κ3) is 5.53. The Morgan fingerprint density at radius 1 is 0.967 bits per heavy atom. The van der Waals surface area contributed by atoms with Crippen molar-refractivity contribution in [2.24, 2.45) is 0 Å². The highest BCUT2D eigenvalue weighted by atomic mass is 35.5. The van der Waals surface area contributed by atoms with Crippen molar-refractivity contribution in [2.75, 3.05) is 0 Å². The Kier molecular flexibility index (Phi) is 6.11. The summed E-state index contributed by atoms with van der Waals surface area (Å²) >= 11 is 5.81. The number of halogens is 7. The van der Waals surface area contributed by atoms with Crippen LogP contribution < -0.4 is 5.56 Å². The van der Waals surface area contributed by atoms with Crippen LogP contribution in [-0.4, -0.2) is 31.9 Å². The van der Waals surface area contributed by atoms with Gasteiger partial charge < -0.3 is 4.98 Å². The third-order valence-corrected chi connectivity index (χ3v) is 4.47. The van der Waals surface area contributed by atoms with E-state index in [9.17, 15) is 31.1 Å². The van der Waals surface area contributed by atoms with Crippen molar-refractivity contribution in [3.8, 4) is 11.4 Å². The quantitative estimate of drug-likeness (QED) is 0.409. The molecule has 0 spiro atoms. The van der Waals surface area contributed by atoms with Crippen molar-refractivity contribution >= 4 is 22.8 Å². The lowest BCUT2D eigenvalue weighted by molar-refractivity contribution is -0.139. The summed E-state index contributed by atoms with van der Waals surface area (Å²) in [5.74, 6) is -0.119. The standard InChI is InChI=1S/C18H15ClF6N4O/c19-11-6-4-10(5-7-11)14-28-13-15(29(14)9-18(23,24)25)26-12(27-16(13)30)3-1-2-8-17(20,21)22/h4-7H,1-3,8-9H2,(H,26,27,30). The molecule has 0 unspecified atom stereocenters. The van der Waals surface area contributed by atoms with Gasteiger partial charge in [0.05, 0.1) is 0 Å². The second kappa shape index (κ2) is 8.29. The van der Waals surface area contributed by atoms with Crippen molar-refractivity contribution in [1.82, 2.24) is 19.5 Å². The van der Waals surface area contributed by atoms with Crippen LogP contribution in [0.5, 0.6) is 0 Å². The molecule has 0 atom stereocenters. The lowest BCUT2D eigenvalue weighted by Gasteiger charge is -2.12. The van der Waals surface area contributed by atoms with Crippen molar-refractivity contribution in [3.63, 3.8) is 0 Å². The van der Waals surface area contributed by atoms with Gasteiger partial charge in [-0.15, -0.1) is 0 Å². The Balaban J connectivity index is 2.01. The average Bonchev–Trinajstić information content (AvgIpc) is 2.96. The average molecular weight is 453 g/mol. The molecule has 0 radical (unpaired) electrons. The molecule has 0 aliphatic heterocycles. The number of benzene rings is 1. The Morgan fingerprint density at radius 2 is 1.63 bits per heavy atom. The number of hydrogen-bond acceptors (Lipinski definition) is 3. The lowest BCUT2D eigenvalue weighted by Crippen LogP contribution is -2.20. The Bertz CT molecular complexity index is 1090. The number of nitrogens with one attached hydrogen (secondary N) is 1. The van der Waals surface area contributed by atoms with E-state index in [1.165, 1.54) is 24.3 Å². The molecule has 12 heteroatoms. The van der Waals surface area contributed by atoms with Gasteiger partial charge >= 0.3 is 12.4 Å². The first kappa shape index (κ1) is 22.1. The predicted octanol–water partition coefficient (Wildman–Crippen LogP) is 5.28. The molecule has 162 valence electrons. The van der Waals surface area contributed by atoms with E-state index in [1.807, 2.05) is 0 Å². The zero-order chi connectivity index (χ0) is 22.1. The lowest BCUT2D eigenvalue weighted by atomic mass is 10.2. The van der Waals surface area contributed by atoms with Crippen LogP contribution >= 0.6 is 11.6 Å². The number of alkyl halides is 6. The molecule has 0 aliphatic rings. The van der Waals surface area contributed by atoms with Gasteiger partial charge in [-0.3, -0.25) is 9.36 Å². The number of hydrogen-bond donors (Lipinski definition) is 1. The highest BCUT2D eigenvalue weighted by molar-refractivity contribution is 6.30. The molecule has 3 aromatic rings. The monoisotopic (exact) mass is 452 g/mol. The molecule has 5 nitrogen and oxygen atoms in total.